The van der Waals surface area contributed by atoms with Gasteiger partial charge in [0, 0.05) is 30.5 Å². The lowest BCUT2D eigenvalue weighted by atomic mass is 10.2. The molecule has 0 amide bonds. The quantitative estimate of drug-likeness (QED) is 0.488. The van der Waals surface area contributed by atoms with Gasteiger partial charge in [0.1, 0.15) is 0 Å². The molecule has 3 rings (SSSR count). The molecule has 1 heterocycles. The molecule has 11 heteroatoms. The first-order valence-corrected chi connectivity index (χ1v) is 12.6. The van der Waals surface area contributed by atoms with Crippen molar-refractivity contribution in [3.63, 3.8) is 0 Å². The molecule has 0 aliphatic carbocycles. The number of nitrogens with zero attached hydrogens (tertiary/aromatic N) is 2. The van der Waals surface area contributed by atoms with Gasteiger partial charge in [-0.15, -0.1) is 0 Å². The van der Waals surface area contributed by atoms with E-state index in [1.54, 1.807) is 25.6 Å². The summed E-state index contributed by atoms with van der Waals surface area (Å²) in [4.78, 5) is 3.45. The summed E-state index contributed by atoms with van der Waals surface area (Å²) in [5.74, 6) is 0. The molecular formula is C19H19Cl2N3O4S2. The number of rotatable bonds is 8. The minimum absolute atomic E-state index is 0.00186. The van der Waals surface area contributed by atoms with Crippen molar-refractivity contribution in [3.8, 4) is 0 Å². The van der Waals surface area contributed by atoms with Crippen LogP contribution in [0.3, 0.4) is 0 Å². The number of hydrogen-bond acceptors (Lipinski definition) is 5. The van der Waals surface area contributed by atoms with E-state index in [1.807, 2.05) is 4.57 Å². The van der Waals surface area contributed by atoms with E-state index in [9.17, 15) is 16.8 Å². The summed E-state index contributed by atoms with van der Waals surface area (Å²) >= 11 is 12.0. The summed E-state index contributed by atoms with van der Waals surface area (Å²) < 4.78 is 56.0. The molecule has 0 spiro atoms. The van der Waals surface area contributed by atoms with Crippen molar-refractivity contribution in [2.75, 3.05) is 6.54 Å². The molecule has 1 N–H and O–H groups in total. The van der Waals surface area contributed by atoms with Crippen molar-refractivity contribution < 1.29 is 16.8 Å². The van der Waals surface area contributed by atoms with Gasteiger partial charge >= 0.3 is 0 Å². The van der Waals surface area contributed by atoms with E-state index in [0.717, 1.165) is 6.07 Å². The highest BCUT2D eigenvalue weighted by atomic mass is 35.5. The topological polar surface area (TPSA) is 98.1 Å². The van der Waals surface area contributed by atoms with Gasteiger partial charge in [0.2, 0.25) is 19.9 Å². The number of aromatic nitrogens is 2. The van der Waals surface area contributed by atoms with Crippen LogP contribution in [0.15, 0.2) is 69.8 Å². The second kappa shape index (κ2) is 9.07. The molecule has 0 aliphatic rings. The van der Waals surface area contributed by atoms with E-state index < -0.39 is 19.9 Å². The van der Waals surface area contributed by atoms with Crippen LogP contribution in [0.25, 0.3) is 0 Å². The van der Waals surface area contributed by atoms with Gasteiger partial charge in [-0.1, -0.05) is 29.3 Å². The number of aryl methyl sites for hydroxylation is 2. The van der Waals surface area contributed by atoms with Crippen molar-refractivity contribution in [2.45, 2.75) is 34.6 Å². The van der Waals surface area contributed by atoms with Crippen molar-refractivity contribution >= 4 is 43.1 Å². The number of benzene rings is 2. The Morgan fingerprint density at radius 3 is 2.50 bits per heavy atom. The second-order valence-electron chi connectivity index (χ2n) is 6.56. The highest BCUT2D eigenvalue weighted by Gasteiger charge is 2.25. The molecule has 0 saturated carbocycles. The fourth-order valence-electron chi connectivity index (χ4n) is 2.81. The minimum atomic E-state index is -4.07. The Bertz CT molecular complexity index is 1260. The van der Waals surface area contributed by atoms with Crippen LogP contribution >= 0.6 is 23.2 Å². The molecule has 0 fully saturated rings. The second-order valence-corrected chi connectivity index (χ2v) is 11.1. The Hall–Kier alpha value is -1.91. The van der Waals surface area contributed by atoms with Gasteiger partial charge in [-0.25, -0.2) is 26.5 Å². The summed E-state index contributed by atoms with van der Waals surface area (Å²) in [6, 6.07) is 8.03. The smallest absolute Gasteiger partial charge is 0.240 e. The molecule has 0 saturated heterocycles. The number of sulfone groups is 1. The maximum Gasteiger partial charge on any atom is 0.240 e. The molecule has 2 aromatic carbocycles. The summed E-state index contributed by atoms with van der Waals surface area (Å²) in [7, 11) is -7.98. The summed E-state index contributed by atoms with van der Waals surface area (Å²) in [5, 5.41) is 0.208. The lowest BCUT2D eigenvalue weighted by Crippen LogP contribution is -2.26. The van der Waals surface area contributed by atoms with Gasteiger partial charge in [0.05, 0.1) is 26.0 Å². The predicted octanol–water partition coefficient (Wildman–Crippen LogP) is 3.70. The summed E-state index contributed by atoms with van der Waals surface area (Å²) in [6.07, 6.45) is 5.62. The van der Waals surface area contributed by atoms with Gasteiger partial charge in [0.25, 0.3) is 0 Å². The molecule has 0 aliphatic heterocycles. The van der Waals surface area contributed by atoms with Gasteiger partial charge in [-0.2, -0.15) is 0 Å². The van der Waals surface area contributed by atoms with Crippen molar-refractivity contribution in [3.05, 3.63) is 70.7 Å². The van der Waals surface area contributed by atoms with Crippen molar-refractivity contribution in [1.29, 1.82) is 0 Å². The molecule has 7 nitrogen and oxygen atoms in total. The maximum atomic E-state index is 13.0. The number of nitrogens with one attached hydrogen (secondary N) is 1. The Balaban J connectivity index is 1.86. The van der Waals surface area contributed by atoms with Crippen LogP contribution in [0.2, 0.25) is 10.0 Å². The first-order chi connectivity index (χ1) is 14.1. The molecule has 30 heavy (non-hydrogen) atoms. The summed E-state index contributed by atoms with van der Waals surface area (Å²) in [5.41, 5.74) is 0.424. The van der Waals surface area contributed by atoms with Crippen LogP contribution in [-0.4, -0.2) is 32.9 Å². The largest absolute Gasteiger partial charge is 0.337 e. The van der Waals surface area contributed by atoms with Crippen LogP contribution < -0.4 is 4.72 Å². The van der Waals surface area contributed by atoms with Crippen molar-refractivity contribution in [2.24, 2.45) is 0 Å². The molecule has 0 atom stereocenters. The number of sulfonamides is 1. The van der Waals surface area contributed by atoms with E-state index in [1.165, 1.54) is 30.3 Å². The summed E-state index contributed by atoms with van der Waals surface area (Å²) in [6.45, 7) is 2.39. The third kappa shape index (κ3) is 5.04. The monoisotopic (exact) mass is 487 g/mol. The minimum Gasteiger partial charge on any atom is -0.337 e. The Kier molecular flexibility index (Phi) is 6.88. The molecule has 0 radical (unpaired) electrons. The zero-order valence-electron chi connectivity index (χ0n) is 15.9. The van der Waals surface area contributed by atoms with Crippen molar-refractivity contribution in [1.82, 2.24) is 14.3 Å². The zero-order valence-corrected chi connectivity index (χ0v) is 19.1. The average Bonchev–Trinajstić information content (AvgIpc) is 3.20. The van der Waals surface area contributed by atoms with Crippen LogP contribution in [0.5, 0.6) is 0 Å². The van der Waals surface area contributed by atoms with E-state index in [2.05, 4.69) is 9.71 Å². The molecule has 0 unspecified atom stereocenters. The first-order valence-electron chi connectivity index (χ1n) is 8.87. The number of halogens is 2. The zero-order chi connectivity index (χ0) is 21.9. The van der Waals surface area contributed by atoms with Crippen LogP contribution in [0, 0.1) is 6.92 Å². The Morgan fingerprint density at radius 1 is 1.03 bits per heavy atom. The first kappa shape index (κ1) is 22.8. The lowest BCUT2D eigenvalue weighted by molar-refractivity contribution is 0.569. The normalized spacial score (nSPS) is 12.2. The van der Waals surface area contributed by atoms with E-state index >= 15 is 0 Å². The Morgan fingerprint density at radius 2 is 1.80 bits per heavy atom. The Labute approximate surface area is 185 Å². The van der Waals surface area contributed by atoms with Crippen LogP contribution in [0.4, 0.5) is 0 Å². The molecule has 1 aromatic heterocycles. The average molecular weight is 488 g/mol. The molecule has 0 bridgehead atoms. The highest BCUT2D eigenvalue weighted by molar-refractivity contribution is 7.92. The van der Waals surface area contributed by atoms with Crippen LogP contribution in [-0.2, 0) is 26.4 Å². The molecule has 160 valence electrons. The van der Waals surface area contributed by atoms with Gasteiger partial charge in [-0.05, 0) is 49.2 Å². The van der Waals surface area contributed by atoms with Gasteiger partial charge < -0.3 is 4.57 Å². The SMILES string of the molecule is Cc1ccc(S(=O)(=O)c2cc(Cl)ccc2Cl)cc1S(=O)(=O)NCCCn1ccnc1. The number of hydrogen-bond donors (Lipinski definition) is 1. The van der Waals surface area contributed by atoms with E-state index in [-0.39, 0.29) is 31.3 Å². The number of imidazole rings is 1. The fraction of sp³-hybridized carbons (Fsp3) is 0.211. The third-order valence-electron chi connectivity index (χ3n) is 4.39. The lowest BCUT2D eigenvalue weighted by Gasteiger charge is -2.13. The third-order valence-corrected chi connectivity index (χ3v) is 8.46. The van der Waals surface area contributed by atoms with Crippen LogP contribution in [0.1, 0.15) is 12.0 Å². The van der Waals surface area contributed by atoms with Gasteiger partial charge in [0.15, 0.2) is 0 Å². The maximum absolute atomic E-state index is 13.0. The van der Waals surface area contributed by atoms with Gasteiger partial charge in [-0.3, -0.25) is 0 Å². The fourth-order valence-corrected chi connectivity index (χ4v) is 6.27. The predicted molar refractivity (Wildman–Crippen MR) is 115 cm³/mol. The molecular weight excluding hydrogens is 469 g/mol. The molecule has 3 aromatic rings. The highest BCUT2D eigenvalue weighted by Crippen LogP contribution is 2.31. The van der Waals surface area contributed by atoms with E-state index in [4.69, 9.17) is 23.2 Å². The van der Waals surface area contributed by atoms with E-state index in [0.29, 0.717) is 18.5 Å². The standard InChI is InChI=1S/C19H19Cl2N3O4S2/c1-14-3-5-16(29(25,26)19-11-15(20)4-6-17(19)21)12-18(14)30(27,28)23-7-2-9-24-10-8-22-13-24/h3-6,8,10-13,23H,2,7,9H2,1H3.